The molecule has 0 bridgehead atoms. The molecule has 0 radical (unpaired) electrons. The van der Waals surface area contributed by atoms with E-state index in [0.29, 0.717) is 10.6 Å². The van der Waals surface area contributed by atoms with Gasteiger partial charge in [-0.05, 0) is 43.7 Å². The largest absolute Gasteiger partial charge is 0.478 e. The molecule has 0 atom stereocenters. The first kappa shape index (κ1) is 15.1. The van der Waals surface area contributed by atoms with Crippen LogP contribution in [0.3, 0.4) is 0 Å². The van der Waals surface area contributed by atoms with Gasteiger partial charge in [0.25, 0.3) is 5.91 Å². The average Bonchev–Trinajstić information content (AvgIpc) is 2.43. The molecule has 0 aliphatic carbocycles. The number of carboxylic acid groups (broad SMARTS) is 1. The Balaban J connectivity index is 2.36. The molecule has 0 unspecified atom stereocenters. The third kappa shape index (κ3) is 3.41. The van der Waals surface area contributed by atoms with Gasteiger partial charge in [-0.2, -0.15) is 0 Å². The summed E-state index contributed by atoms with van der Waals surface area (Å²) in [6.45, 7) is 3.58. The van der Waals surface area contributed by atoms with Crippen molar-refractivity contribution < 1.29 is 14.7 Å². The maximum Gasteiger partial charge on any atom is 0.337 e. The van der Waals surface area contributed by atoms with Crippen molar-refractivity contribution in [2.24, 2.45) is 0 Å². The van der Waals surface area contributed by atoms with Gasteiger partial charge in [0.2, 0.25) is 0 Å². The third-order valence-electron chi connectivity index (χ3n) is 3.10. The summed E-state index contributed by atoms with van der Waals surface area (Å²) in [5, 5.41) is 12.3. The highest BCUT2D eigenvalue weighted by molar-refractivity contribution is 6.31. The highest BCUT2D eigenvalue weighted by Gasteiger charge is 2.15. The number of rotatable bonds is 3. The first-order valence-corrected chi connectivity index (χ1v) is 6.67. The fourth-order valence-corrected chi connectivity index (χ4v) is 2.14. The van der Waals surface area contributed by atoms with Gasteiger partial charge in [-0.25, -0.2) is 4.79 Å². The first-order valence-electron chi connectivity index (χ1n) is 6.30. The van der Waals surface area contributed by atoms with Gasteiger partial charge in [-0.3, -0.25) is 4.79 Å². The molecule has 0 fully saturated rings. The number of hydrogen-bond acceptors (Lipinski definition) is 2. The van der Waals surface area contributed by atoms with Gasteiger partial charge < -0.3 is 10.4 Å². The van der Waals surface area contributed by atoms with E-state index in [2.05, 4.69) is 5.32 Å². The Labute approximate surface area is 127 Å². The zero-order valence-corrected chi connectivity index (χ0v) is 12.4. The quantitative estimate of drug-likeness (QED) is 0.903. The van der Waals surface area contributed by atoms with Crippen molar-refractivity contribution >= 4 is 29.2 Å². The van der Waals surface area contributed by atoms with Gasteiger partial charge in [0, 0.05) is 10.6 Å². The minimum atomic E-state index is -1.09. The van der Waals surface area contributed by atoms with Crippen LogP contribution < -0.4 is 5.32 Å². The van der Waals surface area contributed by atoms with Crippen molar-refractivity contribution in [1.82, 2.24) is 0 Å². The Kier molecular flexibility index (Phi) is 4.29. The maximum atomic E-state index is 12.3. The number of aromatic carboxylic acids is 1. The summed E-state index contributed by atoms with van der Waals surface area (Å²) >= 11 is 5.89. The standard InChI is InChI=1S/C16H14ClNO3/c1-9-3-6-14(13(7-9)16(20)21)18-15(19)12-8-11(17)5-4-10(12)2/h3-8H,1-2H3,(H,18,19)(H,20,21). The highest BCUT2D eigenvalue weighted by Crippen LogP contribution is 2.21. The maximum absolute atomic E-state index is 12.3. The zero-order valence-electron chi connectivity index (χ0n) is 11.6. The highest BCUT2D eigenvalue weighted by atomic mass is 35.5. The number of anilines is 1. The molecule has 0 saturated heterocycles. The molecule has 0 aliphatic heterocycles. The number of carboxylic acids is 1. The number of nitrogens with one attached hydrogen (secondary N) is 1. The minimum Gasteiger partial charge on any atom is -0.478 e. The molecule has 2 rings (SSSR count). The second-order valence-electron chi connectivity index (χ2n) is 4.77. The smallest absolute Gasteiger partial charge is 0.337 e. The Morgan fingerprint density at radius 1 is 1.05 bits per heavy atom. The lowest BCUT2D eigenvalue weighted by atomic mass is 10.1. The number of aryl methyl sites for hydroxylation is 2. The van der Waals surface area contributed by atoms with E-state index in [1.807, 2.05) is 0 Å². The van der Waals surface area contributed by atoms with Crippen molar-refractivity contribution in [3.63, 3.8) is 0 Å². The predicted molar refractivity (Wildman–Crippen MR) is 82.3 cm³/mol. The van der Waals surface area contributed by atoms with Crippen molar-refractivity contribution in [1.29, 1.82) is 0 Å². The van der Waals surface area contributed by atoms with E-state index in [1.165, 1.54) is 6.07 Å². The molecule has 2 aromatic rings. The van der Waals surface area contributed by atoms with Crippen molar-refractivity contribution in [2.75, 3.05) is 5.32 Å². The third-order valence-corrected chi connectivity index (χ3v) is 3.33. The number of carbonyl (C=O) groups is 2. The lowest BCUT2D eigenvalue weighted by Gasteiger charge is -2.11. The lowest BCUT2D eigenvalue weighted by molar-refractivity contribution is 0.0698. The van der Waals surface area contributed by atoms with Crippen LogP contribution in [0.5, 0.6) is 0 Å². The van der Waals surface area contributed by atoms with Crippen molar-refractivity contribution in [3.05, 3.63) is 63.7 Å². The van der Waals surface area contributed by atoms with Crippen LogP contribution in [0.4, 0.5) is 5.69 Å². The van der Waals surface area contributed by atoms with Gasteiger partial charge in [-0.1, -0.05) is 29.3 Å². The van der Waals surface area contributed by atoms with Crippen LogP contribution in [0.1, 0.15) is 31.8 Å². The number of hydrogen-bond donors (Lipinski definition) is 2. The van der Waals surface area contributed by atoms with Crippen molar-refractivity contribution in [3.8, 4) is 0 Å². The molecule has 2 N–H and O–H groups in total. The molecule has 4 nitrogen and oxygen atoms in total. The van der Waals surface area contributed by atoms with Crippen LogP contribution in [0.15, 0.2) is 36.4 Å². The molecule has 1 amide bonds. The van der Waals surface area contributed by atoms with E-state index < -0.39 is 5.97 Å². The Bertz CT molecular complexity index is 725. The van der Waals surface area contributed by atoms with Crippen LogP contribution in [0.2, 0.25) is 5.02 Å². The topological polar surface area (TPSA) is 66.4 Å². The van der Waals surface area contributed by atoms with Crippen molar-refractivity contribution in [2.45, 2.75) is 13.8 Å². The monoisotopic (exact) mass is 303 g/mol. The van der Waals surface area contributed by atoms with Gasteiger partial charge >= 0.3 is 5.97 Å². The van der Waals surface area contributed by atoms with Crippen LogP contribution in [-0.2, 0) is 0 Å². The van der Waals surface area contributed by atoms with E-state index in [4.69, 9.17) is 11.6 Å². The first-order chi connectivity index (χ1) is 9.88. The fourth-order valence-electron chi connectivity index (χ4n) is 1.97. The molecule has 0 aromatic heterocycles. The summed E-state index contributed by atoms with van der Waals surface area (Å²) in [6.07, 6.45) is 0. The Morgan fingerprint density at radius 3 is 2.43 bits per heavy atom. The number of amides is 1. The van der Waals surface area contributed by atoms with Gasteiger partial charge in [0.15, 0.2) is 0 Å². The van der Waals surface area contributed by atoms with Crippen LogP contribution >= 0.6 is 11.6 Å². The fraction of sp³-hybridized carbons (Fsp3) is 0.125. The molecule has 0 aliphatic rings. The normalized spacial score (nSPS) is 10.2. The van der Waals surface area contributed by atoms with E-state index in [1.54, 1.807) is 44.2 Å². The SMILES string of the molecule is Cc1ccc(NC(=O)c2cc(Cl)ccc2C)c(C(=O)O)c1. The van der Waals surface area contributed by atoms with E-state index in [0.717, 1.165) is 11.1 Å². The zero-order chi connectivity index (χ0) is 15.6. The van der Waals surface area contributed by atoms with E-state index in [9.17, 15) is 14.7 Å². The second-order valence-corrected chi connectivity index (χ2v) is 5.20. The Hall–Kier alpha value is -2.33. The number of benzene rings is 2. The van der Waals surface area contributed by atoms with Gasteiger partial charge in [0.05, 0.1) is 11.3 Å². The molecule has 108 valence electrons. The average molecular weight is 304 g/mol. The van der Waals surface area contributed by atoms with E-state index in [-0.39, 0.29) is 17.2 Å². The summed E-state index contributed by atoms with van der Waals surface area (Å²) in [5.41, 5.74) is 2.31. The molecule has 0 spiro atoms. The van der Waals surface area contributed by atoms with Crippen LogP contribution in [0, 0.1) is 13.8 Å². The van der Waals surface area contributed by atoms with Gasteiger partial charge in [-0.15, -0.1) is 0 Å². The predicted octanol–water partition coefficient (Wildman–Crippen LogP) is 3.91. The van der Waals surface area contributed by atoms with Crippen LogP contribution in [-0.4, -0.2) is 17.0 Å². The molecule has 2 aromatic carbocycles. The number of carbonyl (C=O) groups excluding carboxylic acids is 1. The van der Waals surface area contributed by atoms with E-state index >= 15 is 0 Å². The summed E-state index contributed by atoms with van der Waals surface area (Å²) in [6, 6.07) is 9.83. The van der Waals surface area contributed by atoms with Crippen LogP contribution in [0.25, 0.3) is 0 Å². The van der Waals surface area contributed by atoms with Gasteiger partial charge in [0.1, 0.15) is 0 Å². The number of halogens is 1. The molecule has 0 heterocycles. The molecular weight excluding hydrogens is 290 g/mol. The summed E-state index contributed by atoms with van der Waals surface area (Å²) in [5.74, 6) is -1.47. The lowest BCUT2D eigenvalue weighted by Crippen LogP contribution is -2.16. The summed E-state index contributed by atoms with van der Waals surface area (Å²) in [7, 11) is 0. The second kappa shape index (κ2) is 5.97. The molecule has 21 heavy (non-hydrogen) atoms. The summed E-state index contributed by atoms with van der Waals surface area (Å²) < 4.78 is 0. The molecule has 5 heteroatoms. The Morgan fingerprint density at radius 2 is 1.76 bits per heavy atom. The molecular formula is C16H14ClNO3. The minimum absolute atomic E-state index is 0.0584. The summed E-state index contributed by atoms with van der Waals surface area (Å²) in [4.78, 5) is 23.5. The molecule has 0 saturated carbocycles.